The zero-order valence-electron chi connectivity index (χ0n) is 15.0. The molecule has 1 N–H and O–H groups in total. The standard InChI is InChI=1S/C20H19Cl2NO5/c21-14-6-3-7-15(22)20(14)23-16-8-2-1-5-13(16)11-17(24)27-12-18(25)28-19-9-4-10-26-19/h1-3,5-8,19,23H,4,9-12H2. The first-order valence-corrected chi connectivity index (χ1v) is 9.54. The zero-order chi connectivity index (χ0) is 19.9. The Kier molecular flexibility index (Phi) is 7.14. The molecular formula is C20H19Cl2NO5. The Hall–Kier alpha value is -2.28. The van der Waals surface area contributed by atoms with Gasteiger partial charge in [0.05, 0.1) is 28.8 Å². The van der Waals surface area contributed by atoms with Gasteiger partial charge in [0.15, 0.2) is 6.61 Å². The highest BCUT2D eigenvalue weighted by atomic mass is 35.5. The van der Waals surface area contributed by atoms with Crippen molar-refractivity contribution in [3.05, 3.63) is 58.1 Å². The molecule has 0 aliphatic carbocycles. The van der Waals surface area contributed by atoms with Gasteiger partial charge >= 0.3 is 11.9 Å². The van der Waals surface area contributed by atoms with Crippen molar-refractivity contribution in [2.24, 2.45) is 0 Å². The average Bonchev–Trinajstić information content (AvgIpc) is 3.17. The molecule has 1 saturated heterocycles. The lowest BCUT2D eigenvalue weighted by atomic mass is 10.1. The van der Waals surface area contributed by atoms with Crippen LogP contribution < -0.4 is 5.32 Å². The van der Waals surface area contributed by atoms with E-state index in [-0.39, 0.29) is 6.42 Å². The summed E-state index contributed by atoms with van der Waals surface area (Å²) in [4.78, 5) is 23.9. The van der Waals surface area contributed by atoms with Gasteiger partial charge in [-0.05, 0) is 30.2 Å². The van der Waals surface area contributed by atoms with Gasteiger partial charge in [-0.3, -0.25) is 4.79 Å². The second-order valence-corrected chi connectivity index (χ2v) is 6.96. The van der Waals surface area contributed by atoms with Gasteiger partial charge in [0, 0.05) is 12.1 Å². The summed E-state index contributed by atoms with van der Waals surface area (Å²) in [7, 11) is 0. The van der Waals surface area contributed by atoms with E-state index in [2.05, 4.69) is 5.32 Å². The van der Waals surface area contributed by atoms with E-state index in [0.29, 0.717) is 40.0 Å². The Bertz CT molecular complexity index is 832. The zero-order valence-corrected chi connectivity index (χ0v) is 16.5. The maximum Gasteiger partial charge on any atom is 0.346 e. The molecule has 2 aromatic rings. The van der Waals surface area contributed by atoms with E-state index in [9.17, 15) is 9.59 Å². The maximum absolute atomic E-state index is 12.2. The van der Waals surface area contributed by atoms with Gasteiger partial charge in [0.2, 0.25) is 6.29 Å². The molecule has 0 saturated carbocycles. The van der Waals surface area contributed by atoms with Crippen LogP contribution in [-0.2, 0) is 30.2 Å². The average molecular weight is 424 g/mol. The van der Waals surface area contributed by atoms with Gasteiger partial charge in [-0.2, -0.15) is 0 Å². The lowest BCUT2D eigenvalue weighted by Gasteiger charge is -2.14. The fourth-order valence-electron chi connectivity index (χ4n) is 2.72. The Morgan fingerprint density at radius 1 is 1.07 bits per heavy atom. The normalized spacial score (nSPS) is 15.9. The minimum Gasteiger partial charge on any atom is -0.453 e. The highest BCUT2D eigenvalue weighted by Crippen LogP contribution is 2.33. The molecule has 8 heteroatoms. The van der Waals surface area contributed by atoms with Crippen LogP contribution in [0.25, 0.3) is 0 Å². The molecule has 0 aromatic heterocycles. The van der Waals surface area contributed by atoms with Gasteiger partial charge in [-0.1, -0.05) is 47.5 Å². The second kappa shape index (κ2) is 9.78. The summed E-state index contributed by atoms with van der Waals surface area (Å²) < 4.78 is 15.3. The Balaban J connectivity index is 1.58. The molecule has 2 aromatic carbocycles. The van der Waals surface area contributed by atoms with E-state index < -0.39 is 24.8 Å². The summed E-state index contributed by atoms with van der Waals surface area (Å²) in [6.07, 6.45) is 0.926. The number of carbonyl (C=O) groups is 2. The molecule has 1 heterocycles. The maximum atomic E-state index is 12.2. The van der Waals surface area contributed by atoms with Crippen molar-refractivity contribution in [1.82, 2.24) is 0 Å². The fraction of sp³-hybridized carbons (Fsp3) is 0.300. The first-order valence-electron chi connectivity index (χ1n) is 8.78. The molecule has 28 heavy (non-hydrogen) atoms. The number of hydrogen-bond acceptors (Lipinski definition) is 6. The Morgan fingerprint density at radius 3 is 2.54 bits per heavy atom. The summed E-state index contributed by atoms with van der Waals surface area (Å²) in [6, 6.07) is 12.4. The summed E-state index contributed by atoms with van der Waals surface area (Å²) >= 11 is 12.4. The van der Waals surface area contributed by atoms with E-state index in [0.717, 1.165) is 6.42 Å². The minimum atomic E-state index is -0.630. The topological polar surface area (TPSA) is 73.9 Å². The Morgan fingerprint density at radius 2 is 1.82 bits per heavy atom. The van der Waals surface area contributed by atoms with E-state index >= 15 is 0 Å². The highest BCUT2D eigenvalue weighted by Gasteiger charge is 2.21. The number of para-hydroxylation sites is 2. The van der Waals surface area contributed by atoms with Crippen LogP contribution in [0.2, 0.25) is 10.0 Å². The molecule has 0 radical (unpaired) electrons. The van der Waals surface area contributed by atoms with Crippen molar-refractivity contribution in [3.8, 4) is 0 Å². The first kappa shape index (κ1) is 20.5. The predicted molar refractivity (Wildman–Crippen MR) is 106 cm³/mol. The van der Waals surface area contributed by atoms with Crippen molar-refractivity contribution >= 4 is 46.5 Å². The number of nitrogens with one attached hydrogen (secondary N) is 1. The monoisotopic (exact) mass is 423 g/mol. The van der Waals surface area contributed by atoms with Gasteiger partial charge in [-0.15, -0.1) is 0 Å². The molecular weight excluding hydrogens is 405 g/mol. The molecule has 3 rings (SSSR count). The molecule has 1 atom stereocenters. The van der Waals surface area contributed by atoms with Gasteiger partial charge < -0.3 is 19.5 Å². The molecule has 148 valence electrons. The third kappa shape index (κ3) is 5.61. The third-order valence-electron chi connectivity index (χ3n) is 4.08. The number of esters is 2. The van der Waals surface area contributed by atoms with Crippen LogP contribution in [0.1, 0.15) is 18.4 Å². The van der Waals surface area contributed by atoms with Crippen LogP contribution in [0.5, 0.6) is 0 Å². The van der Waals surface area contributed by atoms with Crippen LogP contribution in [-0.4, -0.2) is 31.4 Å². The van der Waals surface area contributed by atoms with Crippen LogP contribution in [0.3, 0.4) is 0 Å². The van der Waals surface area contributed by atoms with Gasteiger partial charge in [-0.25, -0.2) is 4.79 Å². The second-order valence-electron chi connectivity index (χ2n) is 6.15. The predicted octanol–water partition coefficient (Wildman–Crippen LogP) is 4.50. The summed E-state index contributed by atoms with van der Waals surface area (Å²) in [5, 5.41) is 4.07. The molecule has 1 fully saturated rings. The number of anilines is 2. The number of benzene rings is 2. The third-order valence-corrected chi connectivity index (χ3v) is 4.71. The first-order chi connectivity index (χ1) is 13.5. The lowest BCUT2D eigenvalue weighted by molar-refractivity contribution is -0.177. The van der Waals surface area contributed by atoms with Gasteiger partial charge in [0.1, 0.15) is 0 Å². The smallest absolute Gasteiger partial charge is 0.346 e. The molecule has 6 nitrogen and oxygen atoms in total. The lowest BCUT2D eigenvalue weighted by Crippen LogP contribution is -2.23. The van der Waals surface area contributed by atoms with E-state index in [1.165, 1.54) is 0 Å². The van der Waals surface area contributed by atoms with E-state index in [1.807, 2.05) is 6.07 Å². The summed E-state index contributed by atoms with van der Waals surface area (Å²) in [5.74, 6) is -1.18. The molecule has 0 spiro atoms. The number of ether oxygens (including phenoxy) is 3. The molecule has 1 aliphatic heterocycles. The molecule has 1 unspecified atom stereocenters. The van der Waals surface area contributed by atoms with Crippen molar-refractivity contribution in [3.63, 3.8) is 0 Å². The number of rotatable bonds is 7. The molecule has 0 amide bonds. The van der Waals surface area contributed by atoms with Crippen LogP contribution >= 0.6 is 23.2 Å². The van der Waals surface area contributed by atoms with Crippen molar-refractivity contribution in [1.29, 1.82) is 0 Å². The minimum absolute atomic E-state index is 0.0293. The van der Waals surface area contributed by atoms with E-state index in [4.69, 9.17) is 37.4 Å². The van der Waals surface area contributed by atoms with E-state index in [1.54, 1.807) is 36.4 Å². The van der Waals surface area contributed by atoms with Crippen LogP contribution in [0.4, 0.5) is 11.4 Å². The molecule has 1 aliphatic rings. The number of carbonyl (C=O) groups excluding carboxylic acids is 2. The van der Waals surface area contributed by atoms with Crippen molar-refractivity contribution in [2.75, 3.05) is 18.5 Å². The van der Waals surface area contributed by atoms with Crippen LogP contribution in [0, 0.1) is 0 Å². The summed E-state index contributed by atoms with van der Waals surface area (Å²) in [6.45, 7) is 0.113. The SMILES string of the molecule is O=C(Cc1ccccc1Nc1c(Cl)cccc1Cl)OCC(=O)OC1CCCO1. The highest BCUT2D eigenvalue weighted by molar-refractivity contribution is 6.39. The number of halogens is 2. The molecule has 0 bridgehead atoms. The number of hydrogen-bond donors (Lipinski definition) is 1. The fourth-order valence-corrected chi connectivity index (χ4v) is 3.21. The van der Waals surface area contributed by atoms with Crippen molar-refractivity contribution in [2.45, 2.75) is 25.6 Å². The quantitative estimate of drug-likeness (QED) is 0.660. The van der Waals surface area contributed by atoms with Crippen molar-refractivity contribution < 1.29 is 23.8 Å². The summed E-state index contributed by atoms with van der Waals surface area (Å²) in [5.41, 5.74) is 1.89. The Labute approximate surface area is 172 Å². The largest absolute Gasteiger partial charge is 0.453 e. The van der Waals surface area contributed by atoms with Gasteiger partial charge in [0.25, 0.3) is 0 Å². The van der Waals surface area contributed by atoms with Crippen LogP contribution in [0.15, 0.2) is 42.5 Å².